The van der Waals surface area contributed by atoms with Crippen molar-refractivity contribution in [2.75, 3.05) is 7.11 Å². The topological polar surface area (TPSA) is 44.1 Å². The number of carbonyl (C=O) groups is 1. The van der Waals surface area contributed by atoms with Gasteiger partial charge < -0.3 is 4.74 Å². The second-order valence-electron chi connectivity index (χ2n) is 5.03. The number of aryl methyl sites for hydroxylation is 2. The minimum absolute atomic E-state index is 0.180. The number of ketones is 1. The number of ether oxygens (including phenoxy) is 1. The lowest BCUT2D eigenvalue weighted by molar-refractivity contribution is -0.151. The van der Waals surface area contributed by atoms with Crippen molar-refractivity contribution in [2.45, 2.75) is 58.1 Å². The molecule has 5 heteroatoms. The summed E-state index contributed by atoms with van der Waals surface area (Å²) < 4.78 is 8.36. The van der Waals surface area contributed by atoms with Crippen LogP contribution in [-0.4, -0.2) is 28.3 Å². The first-order valence-corrected chi connectivity index (χ1v) is 7.69. The highest BCUT2D eigenvalue weighted by atomic mass is 79.9. The lowest BCUT2D eigenvalue weighted by atomic mass is 9.75. The van der Waals surface area contributed by atoms with E-state index in [1.54, 1.807) is 7.11 Å². The fourth-order valence-electron chi connectivity index (χ4n) is 2.59. The smallest absolute Gasteiger partial charge is 0.170 e. The summed E-state index contributed by atoms with van der Waals surface area (Å²) in [5.41, 5.74) is 1.46. The van der Waals surface area contributed by atoms with Gasteiger partial charge in [-0.05, 0) is 48.5 Å². The molecule has 2 rings (SSSR count). The number of hydrogen-bond acceptors (Lipinski definition) is 3. The molecule has 0 aliphatic heterocycles. The van der Waals surface area contributed by atoms with Gasteiger partial charge in [-0.25, -0.2) is 0 Å². The zero-order valence-electron chi connectivity index (χ0n) is 11.8. The fraction of sp³-hybridized carbons (Fsp3) is 0.714. The van der Waals surface area contributed by atoms with Crippen molar-refractivity contribution >= 4 is 21.7 Å². The van der Waals surface area contributed by atoms with Gasteiger partial charge in [0.15, 0.2) is 5.78 Å². The molecule has 1 saturated carbocycles. The van der Waals surface area contributed by atoms with Crippen LogP contribution in [0.3, 0.4) is 0 Å². The van der Waals surface area contributed by atoms with Crippen LogP contribution in [0.25, 0.3) is 0 Å². The maximum Gasteiger partial charge on any atom is 0.170 e. The van der Waals surface area contributed by atoms with E-state index in [9.17, 15) is 4.79 Å². The molecule has 0 spiro atoms. The number of rotatable bonds is 6. The Morgan fingerprint density at radius 3 is 2.58 bits per heavy atom. The van der Waals surface area contributed by atoms with Crippen molar-refractivity contribution in [1.82, 2.24) is 9.78 Å². The largest absolute Gasteiger partial charge is 0.370 e. The lowest BCUT2D eigenvalue weighted by Gasteiger charge is -2.38. The first-order valence-electron chi connectivity index (χ1n) is 6.90. The summed E-state index contributed by atoms with van der Waals surface area (Å²) in [4.78, 5) is 12.5. The van der Waals surface area contributed by atoms with E-state index in [-0.39, 0.29) is 5.78 Å². The number of carbonyl (C=O) groups excluding carboxylic acids is 1. The van der Waals surface area contributed by atoms with Gasteiger partial charge in [0.05, 0.1) is 22.3 Å². The number of hydrogen-bond donors (Lipinski definition) is 0. The van der Waals surface area contributed by atoms with Crippen LogP contribution in [0.4, 0.5) is 0 Å². The molecule has 0 saturated heterocycles. The van der Waals surface area contributed by atoms with E-state index in [1.807, 2.05) is 11.6 Å². The molecule has 0 amide bonds. The predicted molar refractivity (Wildman–Crippen MR) is 77.3 cm³/mol. The van der Waals surface area contributed by atoms with Gasteiger partial charge >= 0.3 is 0 Å². The maximum absolute atomic E-state index is 12.5. The lowest BCUT2D eigenvalue weighted by Crippen LogP contribution is -2.48. The van der Waals surface area contributed by atoms with E-state index in [1.165, 1.54) is 0 Å². The fourth-order valence-corrected chi connectivity index (χ4v) is 3.30. The molecule has 0 N–H and O–H groups in total. The molecule has 1 aliphatic rings. The van der Waals surface area contributed by atoms with Crippen LogP contribution >= 0.6 is 15.9 Å². The summed E-state index contributed by atoms with van der Waals surface area (Å²) >= 11 is 3.58. The van der Waals surface area contributed by atoms with Crippen molar-refractivity contribution < 1.29 is 9.53 Å². The number of aromatic nitrogens is 2. The molecule has 4 nitrogen and oxygen atoms in total. The summed E-state index contributed by atoms with van der Waals surface area (Å²) in [6.45, 7) is 4.89. The van der Waals surface area contributed by atoms with Gasteiger partial charge in [0.25, 0.3) is 0 Å². The van der Waals surface area contributed by atoms with E-state index in [0.717, 1.165) is 48.1 Å². The van der Waals surface area contributed by atoms with Crippen molar-refractivity contribution in [3.63, 3.8) is 0 Å². The zero-order chi connectivity index (χ0) is 14.0. The summed E-state index contributed by atoms with van der Waals surface area (Å²) in [5.74, 6) is 0.180. The van der Waals surface area contributed by atoms with Gasteiger partial charge in [0.2, 0.25) is 0 Å². The molecule has 106 valence electrons. The van der Waals surface area contributed by atoms with Crippen LogP contribution < -0.4 is 0 Å². The summed E-state index contributed by atoms with van der Waals surface area (Å²) in [6.07, 6.45) is 4.04. The maximum atomic E-state index is 12.5. The third-order valence-electron chi connectivity index (χ3n) is 4.08. The van der Waals surface area contributed by atoms with Crippen LogP contribution in [0.5, 0.6) is 0 Å². The molecule has 0 aromatic carbocycles. The minimum Gasteiger partial charge on any atom is -0.370 e. The van der Waals surface area contributed by atoms with Crippen LogP contribution in [0.15, 0.2) is 4.47 Å². The van der Waals surface area contributed by atoms with Crippen LogP contribution in [0.2, 0.25) is 0 Å². The molecule has 0 radical (unpaired) electrons. The second-order valence-corrected chi connectivity index (χ2v) is 5.82. The Balaban J connectivity index is 2.23. The highest BCUT2D eigenvalue weighted by Crippen LogP contribution is 2.37. The van der Waals surface area contributed by atoms with Gasteiger partial charge in [-0.1, -0.05) is 6.92 Å². The monoisotopic (exact) mass is 328 g/mol. The van der Waals surface area contributed by atoms with Gasteiger partial charge in [-0.15, -0.1) is 0 Å². The number of nitrogens with zero attached hydrogens (tertiary/aromatic N) is 2. The molecule has 1 aliphatic carbocycles. The Morgan fingerprint density at radius 2 is 2.16 bits per heavy atom. The van der Waals surface area contributed by atoms with Gasteiger partial charge in [0.1, 0.15) is 5.60 Å². The first-order chi connectivity index (χ1) is 9.07. The first kappa shape index (κ1) is 14.7. The van der Waals surface area contributed by atoms with E-state index < -0.39 is 5.60 Å². The molecule has 0 bridgehead atoms. The summed E-state index contributed by atoms with van der Waals surface area (Å²) in [7, 11) is 1.64. The van der Waals surface area contributed by atoms with Gasteiger partial charge in [-0.3, -0.25) is 9.48 Å². The highest BCUT2D eigenvalue weighted by molar-refractivity contribution is 9.10. The van der Waals surface area contributed by atoms with Crippen LogP contribution in [0, 0.1) is 0 Å². The van der Waals surface area contributed by atoms with E-state index >= 15 is 0 Å². The molecule has 1 heterocycles. The predicted octanol–water partition coefficient (Wildman–Crippen LogP) is 2.91. The quantitative estimate of drug-likeness (QED) is 0.806. The van der Waals surface area contributed by atoms with Crippen LogP contribution in [0.1, 0.15) is 44.5 Å². The Kier molecular flexibility index (Phi) is 4.46. The zero-order valence-corrected chi connectivity index (χ0v) is 13.4. The molecule has 19 heavy (non-hydrogen) atoms. The Labute approximate surface area is 122 Å². The van der Waals surface area contributed by atoms with Crippen molar-refractivity contribution in [3.8, 4) is 0 Å². The molecule has 1 aromatic heterocycles. The number of halogens is 1. The normalized spacial score (nSPS) is 17.3. The molecule has 1 fully saturated rings. The molecule has 0 atom stereocenters. The Hall–Kier alpha value is -0.680. The van der Waals surface area contributed by atoms with Crippen LogP contribution in [-0.2, 0) is 28.9 Å². The highest BCUT2D eigenvalue weighted by Gasteiger charge is 2.44. The minimum atomic E-state index is -0.533. The van der Waals surface area contributed by atoms with E-state index in [2.05, 4.69) is 28.0 Å². The molecular formula is C14H21BrN2O2. The Bertz CT molecular complexity index is 473. The molecule has 0 unspecified atom stereocenters. The number of methoxy groups -OCH3 is 1. The summed E-state index contributed by atoms with van der Waals surface area (Å²) in [6, 6.07) is 0. The third kappa shape index (κ3) is 2.50. The standard InChI is InChI=1S/C14H21BrN2O2/c1-4-10-13(15)11(17(5-2)16-10)9-12(18)14(19-3)7-6-8-14/h4-9H2,1-3H3. The van der Waals surface area contributed by atoms with Crippen molar-refractivity contribution in [1.29, 1.82) is 0 Å². The molecule has 1 aromatic rings. The van der Waals surface area contributed by atoms with E-state index in [0.29, 0.717) is 6.42 Å². The molecular weight excluding hydrogens is 308 g/mol. The second kappa shape index (κ2) is 5.75. The van der Waals surface area contributed by atoms with Crippen molar-refractivity contribution in [3.05, 3.63) is 15.9 Å². The van der Waals surface area contributed by atoms with E-state index in [4.69, 9.17) is 4.74 Å². The SMILES string of the molecule is CCc1nn(CC)c(CC(=O)C2(OC)CCC2)c1Br. The van der Waals surface area contributed by atoms with Crippen molar-refractivity contribution in [2.24, 2.45) is 0 Å². The van der Waals surface area contributed by atoms with Gasteiger partial charge in [0, 0.05) is 13.7 Å². The number of Topliss-reactive ketones (excluding diaryl/α,β-unsaturated/α-hetero) is 1. The summed E-state index contributed by atoms with van der Waals surface area (Å²) in [5, 5.41) is 4.53. The van der Waals surface area contributed by atoms with Gasteiger partial charge in [-0.2, -0.15) is 5.10 Å². The Morgan fingerprint density at radius 1 is 1.47 bits per heavy atom. The third-order valence-corrected chi connectivity index (χ3v) is 5.00. The average Bonchev–Trinajstić information content (AvgIpc) is 2.65. The average molecular weight is 329 g/mol.